The van der Waals surface area contributed by atoms with Crippen molar-refractivity contribution in [2.75, 3.05) is 6.54 Å². The van der Waals surface area contributed by atoms with E-state index in [1.165, 1.54) is 0 Å². The van der Waals surface area contributed by atoms with Crippen molar-refractivity contribution in [3.8, 4) is 0 Å². The van der Waals surface area contributed by atoms with Gasteiger partial charge in [-0.25, -0.2) is 9.37 Å². The minimum absolute atomic E-state index is 0.0434. The Bertz CT molecular complexity index is 564. The van der Waals surface area contributed by atoms with Gasteiger partial charge in [-0.1, -0.05) is 6.07 Å². The van der Waals surface area contributed by atoms with Gasteiger partial charge in [0.25, 0.3) is 0 Å². The molecule has 0 atom stereocenters. The smallest absolute Gasteiger partial charge is 0.349 e. The molecule has 114 valence electrons. The Kier molecular flexibility index (Phi) is 4.95. The van der Waals surface area contributed by atoms with E-state index in [0.717, 1.165) is 30.8 Å². The van der Waals surface area contributed by atoms with Crippen LogP contribution in [-0.4, -0.2) is 16.5 Å². The minimum atomic E-state index is -4.55. The zero-order valence-electron chi connectivity index (χ0n) is 11.2. The molecule has 0 fully saturated rings. The summed E-state index contributed by atoms with van der Waals surface area (Å²) >= 11 is 0. The van der Waals surface area contributed by atoms with Crippen molar-refractivity contribution in [1.29, 1.82) is 0 Å². The number of aromatic amines is 1. The number of halogens is 4. The van der Waals surface area contributed by atoms with Crippen LogP contribution in [0, 0.1) is 5.82 Å². The largest absolute Gasteiger partial charge is 0.416 e. The van der Waals surface area contributed by atoms with E-state index in [1.807, 2.05) is 0 Å². The lowest BCUT2D eigenvalue weighted by Gasteiger charge is -2.13. The van der Waals surface area contributed by atoms with E-state index in [9.17, 15) is 17.6 Å². The highest BCUT2D eigenvalue weighted by atomic mass is 19.4. The van der Waals surface area contributed by atoms with Gasteiger partial charge in [-0.15, -0.1) is 0 Å². The first kappa shape index (κ1) is 15.5. The molecular weight excluding hydrogens is 286 g/mol. The van der Waals surface area contributed by atoms with Gasteiger partial charge in [0.2, 0.25) is 0 Å². The Balaban J connectivity index is 1.85. The van der Waals surface area contributed by atoms with Gasteiger partial charge in [-0.3, -0.25) is 0 Å². The van der Waals surface area contributed by atoms with E-state index in [2.05, 4.69) is 15.3 Å². The lowest BCUT2D eigenvalue weighted by molar-refractivity contribution is -0.138. The van der Waals surface area contributed by atoms with Gasteiger partial charge < -0.3 is 10.3 Å². The number of nitrogens with zero attached hydrogens (tertiary/aromatic N) is 1. The quantitative estimate of drug-likeness (QED) is 0.635. The van der Waals surface area contributed by atoms with Crippen LogP contribution in [-0.2, 0) is 19.1 Å². The highest BCUT2D eigenvalue weighted by Gasteiger charge is 2.33. The summed E-state index contributed by atoms with van der Waals surface area (Å²) in [4.78, 5) is 7.01. The van der Waals surface area contributed by atoms with E-state index in [0.29, 0.717) is 12.6 Å². The van der Waals surface area contributed by atoms with E-state index in [-0.39, 0.29) is 12.1 Å². The topological polar surface area (TPSA) is 40.7 Å². The van der Waals surface area contributed by atoms with Crippen LogP contribution in [0.1, 0.15) is 23.4 Å². The molecule has 0 saturated carbocycles. The van der Waals surface area contributed by atoms with Gasteiger partial charge in [0.1, 0.15) is 11.6 Å². The van der Waals surface area contributed by atoms with Crippen molar-refractivity contribution in [1.82, 2.24) is 15.3 Å². The number of aromatic nitrogens is 2. The first-order valence-electron chi connectivity index (χ1n) is 6.51. The van der Waals surface area contributed by atoms with Crippen molar-refractivity contribution < 1.29 is 17.6 Å². The Hall–Kier alpha value is -1.89. The van der Waals surface area contributed by atoms with Crippen LogP contribution in [0.15, 0.2) is 30.6 Å². The summed E-state index contributed by atoms with van der Waals surface area (Å²) in [5.41, 5.74) is -0.886. The number of hydrogen-bond donors (Lipinski definition) is 2. The second-order valence-electron chi connectivity index (χ2n) is 4.62. The molecule has 1 aromatic carbocycles. The third-order valence-corrected chi connectivity index (χ3v) is 3.01. The van der Waals surface area contributed by atoms with Crippen LogP contribution in [0.2, 0.25) is 0 Å². The van der Waals surface area contributed by atoms with Crippen molar-refractivity contribution in [2.45, 2.75) is 25.6 Å². The Labute approximate surface area is 119 Å². The summed E-state index contributed by atoms with van der Waals surface area (Å²) in [5.74, 6) is -0.0431. The fourth-order valence-corrected chi connectivity index (χ4v) is 2.01. The molecule has 0 amide bonds. The van der Waals surface area contributed by atoms with Crippen LogP contribution in [0.3, 0.4) is 0 Å². The highest BCUT2D eigenvalue weighted by Crippen LogP contribution is 2.32. The number of hydrogen-bond acceptors (Lipinski definition) is 2. The molecule has 21 heavy (non-hydrogen) atoms. The van der Waals surface area contributed by atoms with E-state index < -0.39 is 17.6 Å². The van der Waals surface area contributed by atoms with Crippen LogP contribution >= 0.6 is 0 Å². The van der Waals surface area contributed by atoms with E-state index in [1.54, 1.807) is 12.4 Å². The Morgan fingerprint density at radius 3 is 2.71 bits per heavy atom. The summed E-state index contributed by atoms with van der Waals surface area (Å²) in [7, 11) is 0. The summed E-state index contributed by atoms with van der Waals surface area (Å²) in [6.07, 6.45) is 0.284. The Morgan fingerprint density at radius 2 is 2.05 bits per heavy atom. The zero-order valence-corrected chi connectivity index (χ0v) is 11.2. The maximum Gasteiger partial charge on any atom is 0.416 e. The number of rotatable bonds is 6. The number of aryl methyl sites for hydroxylation is 1. The SMILES string of the molecule is Fc1ccc(CNCCCc2ncc[nH]2)c(C(F)(F)F)c1. The third-order valence-electron chi connectivity index (χ3n) is 3.01. The molecule has 0 aliphatic carbocycles. The molecule has 2 rings (SSSR count). The van der Waals surface area contributed by atoms with Gasteiger partial charge in [0.15, 0.2) is 0 Å². The fourth-order valence-electron chi connectivity index (χ4n) is 2.01. The van der Waals surface area contributed by atoms with Crippen LogP contribution in [0.25, 0.3) is 0 Å². The van der Waals surface area contributed by atoms with Crippen LogP contribution in [0.5, 0.6) is 0 Å². The predicted molar refractivity (Wildman–Crippen MR) is 70.0 cm³/mol. The maximum atomic E-state index is 12.9. The molecule has 7 heteroatoms. The third kappa shape index (κ3) is 4.56. The minimum Gasteiger partial charge on any atom is -0.349 e. The van der Waals surface area contributed by atoms with Crippen molar-refractivity contribution in [3.05, 3.63) is 53.4 Å². The number of alkyl halides is 3. The molecule has 1 heterocycles. The first-order chi connectivity index (χ1) is 9.97. The summed E-state index contributed by atoms with van der Waals surface area (Å²) < 4.78 is 51.3. The average molecular weight is 301 g/mol. The van der Waals surface area contributed by atoms with Gasteiger partial charge in [0, 0.05) is 25.4 Å². The van der Waals surface area contributed by atoms with E-state index in [4.69, 9.17) is 0 Å². The molecule has 0 spiro atoms. The van der Waals surface area contributed by atoms with Crippen molar-refractivity contribution in [3.63, 3.8) is 0 Å². The second-order valence-corrected chi connectivity index (χ2v) is 4.62. The monoisotopic (exact) mass is 301 g/mol. The normalized spacial score (nSPS) is 11.8. The van der Waals surface area contributed by atoms with Crippen LogP contribution in [0.4, 0.5) is 17.6 Å². The lowest BCUT2D eigenvalue weighted by atomic mass is 10.1. The lowest BCUT2D eigenvalue weighted by Crippen LogP contribution is -2.19. The van der Waals surface area contributed by atoms with Gasteiger partial charge in [-0.2, -0.15) is 13.2 Å². The number of imidazole rings is 1. The number of H-pyrrole nitrogens is 1. The molecule has 0 saturated heterocycles. The standard InChI is InChI=1S/C14H15F4N3/c15-11-4-3-10(12(8-11)14(16,17)18)9-19-5-1-2-13-20-6-7-21-13/h3-4,6-8,19H,1-2,5,9H2,(H,20,21). The maximum absolute atomic E-state index is 12.9. The van der Waals surface area contributed by atoms with Crippen molar-refractivity contribution in [2.24, 2.45) is 0 Å². The predicted octanol–water partition coefficient (Wildman–Crippen LogP) is 3.29. The molecule has 0 radical (unpaired) electrons. The summed E-state index contributed by atoms with van der Waals surface area (Å²) in [5, 5.41) is 2.93. The summed E-state index contributed by atoms with van der Waals surface area (Å²) in [6, 6.07) is 2.73. The molecule has 2 N–H and O–H groups in total. The van der Waals surface area contributed by atoms with Gasteiger partial charge in [-0.05, 0) is 30.7 Å². The van der Waals surface area contributed by atoms with E-state index >= 15 is 0 Å². The molecule has 1 aromatic heterocycles. The molecule has 3 nitrogen and oxygen atoms in total. The molecule has 0 unspecified atom stereocenters. The molecule has 0 aliphatic heterocycles. The zero-order chi connectivity index (χ0) is 15.3. The first-order valence-corrected chi connectivity index (χ1v) is 6.51. The summed E-state index contributed by atoms with van der Waals surface area (Å²) in [6.45, 7) is 0.600. The molecule has 2 aromatic rings. The molecule has 0 bridgehead atoms. The number of nitrogens with one attached hydrogen (secondary N) is 2. The Morgan fingerprint density at radius 1 is 1.24 bits per heavy atom. The molecular formula is C14H15F4N3. The highest BCUT2D eigenvalue weighted by molar-refractivity contribution is 5.30. The van der Waals surface area contributed by atoms with Gasteiger partial charge >= 0.3 is 6.18 Å². The fraction of sp³-hybridized carbons (Fsp3) is 0.357. The molecule has 0 aliphatic rings. The van der Waals surface area contributed by atoms with Crippen LogP contribution < -0.4 is 5.32 Å². The second kappa shape index (κ2) is 6.71. The van der Waals surface area contributed by atoms with Gasteiger partial charge in [0.05, 0.1) is 5.56 Å². The van der Waals surface area contributed by atoms with Crippen molar-refractivity contribution >= 4 is 0 Å². The average Bonchev–Trinajstić information content (AvgIpc) is 2.92. The number of benzene rings is 1.